The number of piperazine rings is 1. The van der Waals surface area contributed by atoms with Crippen LogP contribution in [-0.2, 0) is 0 Å². The maximum Gasteiger partial charge on any atom is 0.274 e. The van der Waals surface area contributed by atoms with E-state index in [2.05, 4.69) is 14.5 Å². The van der Waals surface area contributed by atoms with Gasteiger partial charge >= 0.3 is 0 Å². The molecule has 3 heterocycles. The number of nitrogens with zero attached hydrogens (tertiary/aromatic N) is 5. The lowest BCUT2D eigenvalue weighted by Crippen LogP contribution is -2.50. The summed E-state index contributed by atoms with van der Waals surface area (Å²) in [6.07, 6.45) is 4.50. The Morgan fingerprint density at radius 1 is 0.933 bits per heavy atom. The molecule has 4 rings (SSSR count). The lowest BCUT2D eigenvalue weighted by molar-refractivity contribution is 0.0531. The molecule has 0 N–H and O–H groups in total. The zero-order chi connectivity index (χ0) is 21.3. The van der Waals surface area contributed by atoms with Crippen LogP contribution in [-0.4, -0.2) is 62.3 Å². The maximum atomic E-state index is 13.2. The summed E-state index contributed by atoms with van der Waals surface area (Å²) in [7, 11) is 0. The third-order valence-electron chi connectivity index (χ3n) is 5.38. The van der Waals surface area contributed by atoms with Crippen LogP contribution >= 0.6 is 11.6 Å². The van der Waals surface area contributed by atoms with Crippen LogP contribution in [0.25, 0.3) is 5.69 Å². The number of hydrogen-bond acceptors (Lipinski definition) is 4. The second kappa shape index (κ2) is 8.28. The topological polar surface area (TPSA) is 71.3 Å². The van der Waals surface area contributed by atoms with Crippen molar-refractivity contribution in [2.24, 2.45) is 0 Å². The van der Waals surface area contributed by atoms with Gasteiger partial charge in [-0.05, 0) is 44.2 Å². The van der Waals surface area contributed by atoms with Gasteiger partial charge in [0.2, 0.25) is 0 Å². The van der Waals surface area contributed by atoms with Gasteiger partial charge in [-0.25, -0.2) is 4.98 Å². The molecule has 0 bridgehead atoms. The number of carbonyl (C=O) groups is 2. The second-order valence-corrected chi connectivity index (χ2v) is 7.71. The molecular weight excluding hydrogens is 402 g/mol. The van der Waals surface area contributed by atoms with E-state index in [0.717, 1.165) is 17.1 Å². The summed E-state index contributed by atoms with van der Waals surface area (Å²) in [4.78, 5) is 37.3. The molecule has 1 fully saturated rings. The Morgan fingerprint density at radius 3 is 2.17 bits per heavy atom. The first-order chi connectivity index (χ1) is 14.5. The van der Waals surface area contributed by atoms with E-state index >= 15 is 0 Å². The Kier molecular flexibility index (Phi) is 5.55. The van der Waals surface area contributed by atoms with Crippen LogP contribution in [0, 0.1) is 13.8 Å². The van der Waals surface area contributed by atoms with E-state index in [4.69, 9.17) is 11.6 Å². The van der Waals surface area contributed by atoms with Gasteiger partial charge in [-0.15, -0.1) is 0 Å². The molecule has 1 aliphatic rings. The van der Waals surface area contributed by atoms with Gasteiger partial charge in [0.1, 0.15) is 5.69 Å². The molecule has 1 aliphatic heterocycles. The van der Waals surface area contributed by atoms with E-state index in [-0.39, 0.29) is 11.8 Å². The van der Waals surface area contributed by atoms with Gasteiger partial charge in [-0.3, -0.25) is 14.6 Å². The molecule has 0 aliphatic carbocycles. The van der Waals surface area contributed by atoms with E-state index in [1.165, 1.54) is 18.6 Å². The largest absolute Gasteiger partial charge is 0.335 e. The minimum atomic E-state index is -0.156. The van der Waals surface area contributed by atoms with Crippen molar-refractivity contribution in [2.45, 2.75) is 13.8 Å². The normalized spacial score (nSPS) is 14.1. The molecular formula is C22H22ClN5O2. The Bertz CT molecular complexity index is 1070. The van der Waals surface area contributed by atoms with Gasteiger partial charge in [0.05, 0.1) is 11.8 Å². The quantitative estimate of drug-likeness (QED) is 0.648. The zero-order valence-electron chi connectivity index (χ0n) is 16.9. The van der Waals surface area contributed by atoms with Gasteiger partial charge < -0.3 is 14.4 Å². The molecule has 1 aromatic carbocycles. The fourth-order valence-corrected chi connectivity index (χ4v) is 3.95. The zero-order valence-corrected chi connectivity index (χ0v) is 17.6. The predicted octanol–water partition coefficient (Wildman–Crippen LogP) is 3.14. The number of amides is 2. The molecule has 3 aromatic rings. The van der Waals surface area contributed by atoms with Crippen molar-refractivity contribution in [1.29, 1.82) is 0 Å². The van der Waals surface area contributed by atoms with E-state index in [1.807, 2.05) is 44.2 Å². The Labute approximate surface area is 179 Å². The van der Waals surface area contributed by atoms with Crippen molar-refractivity contribution < 1.29 is 9.59 Å². The number of aromatic nitrogens is 3. The number of halogens is 1. The van der Waals surface area contributed by atoms with Crippen molar-refractivity contribution in [1.82, 2.24) is 24.3 Å². The van der Waals surface area contributed by atoms with Gasteiger partial charge in [0.25, 0.3) is 11.8 Å². The van der Waals surface area contributed by atoms with Gasteiger partial charge in [-0.1, -0.05) is 11.6 Å². The molecule has 8 heteroatoms. The van der Waals surface area contributed by atoms with Crippen LogP contribution < -0.4 is 0 Å². The lowest BCUT2D eigenvalue weighted by atomic mass is 10.2. The van der Waals surface area contributed by atoms with E-state index in [1.54, 1.807) is 9.80 Å². The average molecular weight is 424 g/mol. The minimum absolute atomic E-state index is 0.0186. The van der Waals surface area contributed by atoms with E-state index in [9.17, 15) is 9.59 Å². The van der Waals surface area contributed by atoms with Crippen molar-refractivity contribution in [3.63, 3.8) is 0 Å². The van der Waals surface area contributed by atoms with Crippen LogP contribution in [0.15, 0.2) is 48.9 Å². The number of rotatable bonds is 3. The number of benzene rings is 1. The summed E-state index contributed by atoms with van der Waals surface area (Å²) in [5.74, 6) is -0.175. The van der Waals surface area contributed by atoms with E-state index < -0.39 is 0 Å². The monoisotopic (exact) mass is 423 g/mol. The highest BCUT2D eigenvalue weighted by atomic mass is 35.5. The van der Waals surface area contributed by atoms with Crippen molar-refractivity contribution >= 4 is 23.4 Å². The Morgan fingerprint density at radius 2 is 1.57 bits per heavy atom. The van der Waals surface area contributed by atoms with Crippen LogP contribution in [0.5, 0.6) is 0 Å². The molecule has 0 unspecified atom stereocenters. The summed E-state index contributed by atoms with van der Waals surface area (Å²) in [6.45, 7) is 5.83. The fraction of sp³-hybridized carbons (Fsp3) is 0.273. The highest BCUT2D eigenvalue weighted by Gasteiger charge is 2.28. The molecule has 2 amide bonds. The summed E-state index contributed by atoms with van der Waals surface area (Å²) >= 11 is 6.00. The Balaban J connectivity index is 1.48. The lowest BCUT2D eigenvalue weighted by Gasteiger charge is -2.34. The third-order valence-corrected chi connectivity index (χ3v) is 5.63. The number of aryl methyl sites for hydroxylation is 1. The first kappa shape index (κ1) is 20.1. The highest BCUT2D eigenvalue weighted by Crippen LogP contribution is 2.24. The fourth-order valence-electron chi connectivity index (χ4n) is 3.82. The van der Waals surface area contributed by atoms with Gasteiger partial charge in [0.15, 0.2) is 0 Å². The molecule has 2 aromatic heterocycles. The summed E-state index contributed by atoms with van der Waals surface area (Å²) in [6, 6.07) is 9.47. The van der Waals surface area contributed by atoms with Gasteiger partial charge in [-0.2, -0.15) is 0 Å². The highest BCUT2D eigenvalue weighted by molar-refractivity contribution is 6.30. The summed E-state index contributed by atoms with van der Waals surface area (Å²) in [5, 5.41) is 0.673. The minimum Gasteiger partial charge on any atom is -0.335 e. The molecule has 1 saturated heterocycles. The average Bonchev–Trinajstić information content (AvgIpc) is 3.08. The molecule has 0 saturated carbocycles. The molecule has 154 valence electrons. The smallest absolute Gasteiger partial charge is 0.274 e. The van der Waals surface area contributed by atoms with Crippen molar-refractivity contribution in [2.75, 3.05) is 26.2 Å². The molecule has 0 radical (unpaired) electrons. The van der Waals surface area contributed by atoms with E-state index in [0.29, 0.717) is 42.5 Å². The maximum absolute atomic E-state index is 13.2. The molecule has 0 spiro atoms. The first-order valence-corrected chi connectivity index (χ1v) is 10.1. The predicted molar refractivity (Wildman–Crippen MR) is 114 cm³/mol. The van der Waals surface area contributed by atoms with Gasteiger partial charge in [0, 0.05) is 60.7 Å². The summed E-state index contributed by atoms with van der Waals surface area (Å²) in [5.41, 5.74) is 3.83. The van der Waals surface area contributed by atoms with Crippen LogP contribution in [0.3, 0.4) is 0 Å². The summed E-state index contributed by atoms with van der Waals surface area (Å²) < 4.78 is 2.05. The standard InChI is InChI=1S/C22H22ClN5O2/c1-15-13-19(16(2)28(15)18-5-3-17(23)4-6-18)21(29)26-9-11-27(12-10-26)22(30)20-14-24-7-8-25-20/h3-8,13-14H,9-12H2,1-2H3. The first-order valence-electron chi connectivity index (χ1n) is 9.75. The van der Waals surface area contributed by atoms with Crippen molar-refractivity contribution in [3.8, 4) is 5.69 Å². The van der Waals surface area contributed by atoms with Crippen LogP contribution in [0.1, 0.15) is 32.2 Å². The van der Waals surface area contributed by atoms with Crippen LogP contribution in [0.2, 0.25) is 5.02 Å². The van der Waals surface area contributed by atoms with Crippen LogP contribution in [0.4, 0.5) is 0 Å². The third kappa shape index (κ3) is 3.80. The molecule has 7 nitrogen and oxygen atoms in total. The number of hydrogen-bond donors (Lipinski definition) is 0. The van der Waals surface area contributed by atoms with Crippen molar-refractivity contribution in [3.05, 3.63) is 76.6 Å². The second-order valence-electron chi connectivity index (χ2n) is 7.27. The SMILES string of the molecule is Cc1cc(C(=O)N2CCN(C(=O)c3cnccn3)CC2)c(C)n1-c1ccc(Cl)cc1. The number of carbonyl (C=O) groups excluding carboxylic acids is 2. The Hall–Kier alpha value is -3.19. The molecule has 30 heavy (non-hydrogen) atoms. The molecule has 0 atom stereocenters.